The highest BCUT2D eigenvalue weighted by molar-refractivity contribution is 5.90. The topological polar surface area (TPSA) is 111 Å². The van der Waals surface area contributed by atoms with Gasteiger partial charge in [-0.15, -0.1) is 0 Å². The van der Waals surface area contributed by atoms with Gasteiger partial charge in [0.2, 0.25) is 11.8 Å². The molecule has 0 bridgehead atoms. The first-order valence-corrected chi connectivity index (χ1v) is 9.88. The van der Waals surface area contributed by atoms with Gasteiger partial charge in [0.05, 0.1) is 13.7 Å². The molecule has 2 amide bonds. The van der Waals surface area contributed by atoms with Crippen LogP contribution in [0, 0.1) is 18.8 Å². The summed E-state index contributed by atoms with van der Waals surface area (Å²) in [5.74, 6) is -0.321. The molecule has 0 radical (unpaired) electrons. The van der Waals surface area contributed by atoms with Crippen LogP contribution < -0.4 is 16.4 Å². The minimum absolute atomic E-state index is 0.182. The molecular formula is C22H39N3O4. The Kier molecular flexibility index (Phi) is 17.5. The van der Waals surface area contributed by atoms with E-state index in [1.54, 1.807) is 0 Å². The van der Waals surface area contributed by atoms with E-state index < -0.39 is 23.8 Å². The number of ether oxygens (including phenoxy) is 1. The Bertz CT molecular complexity index is 572. The maximum Gasteiger partial charge on any atom is 0.325 e. The van der Waals surface area contributed by atoms with Gasteiger partial charge in [-0.05, 0) is 25.2 Å². The zero-order chi connectivity index (χ0) is 22.8. The van der Waals surface area contributed by atoms with E-state index in [-0.39, 0.29) is 19.0 Å². The van der Waals surface area contributed by atoms with Crippen LogP contribution in [0.1, 0.15) is 46.6 Å². The summed E-state index contributed by atoms with van der Waals surface area (Å²) in [6, 6.07) is 9.57. The molecule has 1 rings (SSSR count). The number of nitrogens with one attached hydrogen (secondary N) is 2. The maximum atomic E-state index is 11.8. The first-order chi connectivity index (χ1) is 13.5. The normalized spacial score (nSPS) is 10.7. The Balaban J connectivity index is 0. The fourth-order valence-electron chi connectivity index (χ4n) is 1.85. The summed E-state index contributed by atoms with van der Waals surface area (Å²) in [5, 5.41) is 4.91. The van der Waals surface area contributed by atoms with Gasteiger partial charge in [-0.1, -0.05) is 70.5 Å². The standard InChI is InChI=1S/C11H21N3O4.C7H8.C4H10/c1-7(2)4-8(14-9(15)5-12)11(17)13-6-10(16)18-3;1-7-5-3-2-4-6-7;1-4(2)3/h7-8H,4-6,12H2,1-3H3,(H,13,17)(H,14,15);2-6H,1H3;4H,1-3H3. The molecule has 1 atom stereocenters. The first kappa shape index (κ1) is 28.8. The van der Waals surface area contributed by atoms with E-state index in [1.165, 1.54) is 12.7 Å². The number of benzene rings is 1. The molecule has 0 saturated carbocycles. The van der Waals surface area contributed by atoms with Gasteiger partial charge in [0.1, 0.15) is 12.6 Å². The third-order valence-corrected chi connectivity index (χ3v) is 3.12. The second-order valence-corrected chi connectivity index (χ2v) is 7.63. The number of rotatable bonds is 7. The van der Waals surface area contributed by atoms with Gasteiger partial charge < -0.3 is 21.1 Å². The van der Waals surface area contributed by atoms with Crippen molar-refractivity contribution in [2.75, 3.05) is 20.2 Å². The van der Waals surface area contributed by atoms with Crippen molar-refractivity contribution in [3.05, 3.63) is 35.9 Å². The molecule has 0 aliphatic rings. The predicted molar refractivity (Wildman–Crippen MR) is 117 cm³/mol. The van der Waals surface area contributed by atoms with Crippen LogP contribution in [-0.4, -0.2) is 44.0 Å². The monoisotopic (exact) mass is 409 g/mol. The summed E-state index contributed by atoms with van der Waals surface area (Å²) in [6.07, 6.45) is 0.471. The number of carbonyl (C=O) groups excluding carboxylic acids is 3. The van der Waals surface area contributed by atoms with E-state index in [0.29, 0.717) is 6.42 Å². The molecule has 166 valence electrons. The van der Waals surface area contributed by atoms with E-state index in [1.807, 2.05) is 32.0 Å². The third-order valence-electron chi connectivity index (χ3n) is 3.12. The number of esters is 1. The Morgan fingerprint density at radius 3 is 1.90 bits per heavy atom. The van der Waals surface area contributed by atoms with Crippen LogP contribution in [0.2, 0.25) is 0 Å². The van der Waals surface area contributed by atoms with Crippen LogP contribution >= 0.6 is 0 Å². The summed E-state index contributed by atoms with van der Waals surface area (Å²) < 4.78 is 4.40. The van der Waals surface area contributed by atoms with Crippen LogP contribution in [0.25, 0.3) is 0 Å². The number of amides is 2. The van der Waals surface area contributed by atoms with Crippen LogP contribution in [-0.2, 0) is 19.1 Å². The number of nitrogens with two attached hydrogens (primary N) is 1. The molecule has 0 saturated heterocycles. The van der Waals surface area contributed by atoms with Crippen molar-refractivity contribution in [3.63, 3.8) is 0 Å². The summed E-state index contributed by atoms with van der Waals surface area (Å²) >= 11 is 0. The summed E-state index contributed by atoms with van der Waals surface area (Å²) in [6.45, 7) is 12.0. The fourth-order valence-corrected chi connectivity index (χ4v) is 1.85. The van der Waals surface area contributed by atoms with Gasteiger partial charge in [0, 0.05) is 0 Å². The van der Waals surface area contributed by atoms with Crippen LogP contribution in [0.15, 0.2) is 30.3 Å². The lowest BCUT2D eigenvalue weighted by atomic mass is 10.0. The lowest BCUT2D eigenvalue weighted by molar-refractivity contribution is -0.141. The number of aryl methyl sites for hydroxylation is 1. The summed E-state index contributed by atoms with van der Waals surface area (Å²) in [5.41, 5.74) is 6.50. The van der Waals surface area contributed by atoms with Gasteiger partial charge >= 0.3 is 5.97 Å². The van der Waals surface area contributed by atoms with Gasteiger partial charge in [0.25, 0.3) is 0 Å². The Morgan fingerprint density at radius 1 is 1.03 bits per heavy atom. The zero-order valence-electron chi connectivity index (χ0n) is 19.0. The van der Waals surface area contributed by atoms with Crippen molar-refractivity contribution in [2.45, 2.75) is 54.0 Å². The van der Waals surface area contributed by atoms with Gasteiger partial charge in [0.15, 0.2) is 0 Å². The van der Waals surface area contributed by atoms with E-state index >= 15 is 0 Å². The van der Waals surface area contributed by atoms with E-state index in [9.17, 15) is 14.4 Å². The van der Waals surface area contributed by atoms with E-state index in [4.69, 9.17) is 5.73 Å². The molecule has 0 spiro atoms. The SMILES string of the molecule is CC(C)C.COC(=O)CNC(=O)C(CC(C)C)NC(=O)CN.Cc1ccccc1. The first-order valence-electron chi connectivity index (χ1n) is 9.88. The van der Waals surface area contributed by atoms with Crippen molar-refractivity contribution in [1.82, 2.24) is 10.6 Å². The Labute approximate surface area is 175 Å². The molecule has 4 N–H and O–H groups in total. The number of methoxy groups -OCH3 is 1. The van der Waals surface area contributed by atoms with Crippen LogP contribution in [0.5, 0.6) is 0 Å². The van der Waals surface area contributed by atoms with E-state index in [2.05, 4.69) is 55.2 Å². The molecule has 0 aliphatic heterocycles. The molecular weight excluding hydrogens is 370 g/mol. The zero-order valence-corrected chi connectivity index (χ0v) is 19.0. The second-order valence-electron chi connectivity index (χ2n) is 7.63. The molecule has 0 aromatic heterocycles. The Morgan fingerprint density at radius 2 is 1.55 bits per heavy atom. The quantitative estimate of drug-likeness (QED) is 0.599. The lowest BCUT2D eigenvalue weighted by Crippen LogP contribution is -2.50. The second kappa shape index (κ2) is 17.7. The number of carbonyl (C=O) groups is 3. The number of hydrogen-bond donors (Lipinski definition) is 3. The van der Waals surface area contributed by atoms with Crippen molar-refractivity contribution in [2.24, 2.45) is 17.6 Å². The van der Waals surface area contributed by atoms with Crippen molar-refractivity contribution in [1.29, 1.82) is 0 Å². The molecule has 0 aliphatic carbocycles. The van der Waals surface area contributed by atoms with Gasteiger partial charge in [-0.2, -0.15) is 0 Å². The fraction of sp³-hybridized carbons (Fsp3) is 0.591. The summed E-state index contributed by atoms with van der Waals surface area (Å²) in [7, 11) is 1.23. The maximum absolute atomic E-state index is 11.8. The highest BCUT2D eigenvalue weighted by Crippen LogP contribution is 2.04. The highest BCUT2D eigenvalue weighted by Gasteiger charge is 2.21. The number of hydrogen-bond acceptors (Lipinski definition) is 5. The minimum atomic E-state index is -0.689. The minimum Gasteiger partial charge on any atom is -0.468 e. The average Bonchev–Trinajstić information content (AvgIpc) is 2.65. The average molecular weight is 410 g/mol. The highest BCUT2D eigenvalue weighted by atomic mass is 16.5. The third kappa shape index (κ3) is 20.1. The summed E-state index contributed by atoms with van der Waals surface area (Å²) in [4.78, 5) is 33.9. The molecule has 1 aromatic rings. The van der Waals surface area contributed by atoms with Crippen LogP contribution in [0.4, 0.5) is 0 Å². The molecule has 0 fully saturated rings. The molecule has 7 nitrogen and oxygen atoms in total. The largest absolute Gasteiger partial charge is 0.468 e. The molecule has 1 unspecified atom stereocenters. The van der Waals surface area contributed by atoms with Crippen molar-refractivity contribution < 1.29 is 19.1 Å². The smallest absolute Gasteiger partial charge is 0.325 e. The molecule has 7 heteroatoms. The van der Waals surface area contributed by atoms with Crippen LogP contribution in [0.3, 0.4) is 0 Å². The van der Waals surface area contributed by atoms with Gasteiger partial charge in [-0.25, -0.2) is 0 Å². The molecule has 0 heterocycles. The molecule has 1 aromatic carbocycles. The van der Waals surface area contributed by atoms with E-state index in [0.717, 1.165) is 5.92 Å². The predicted octanol–water partition coefficient (Wildman–Crippen LogP) is 2.42. The lowest BCUT2D eigenvalue weighted by Gasteiger charge is -2.19. The van der Waals surface area contributed by atoms with Crippen molar-refractivity contribution >= 4 is 17.8 Å². The van der Waals surface area contributed by atoms with Gasteiger partial charge in [-0.3, -0.25) is 14.4 Å². The van der Waals surface area contributed by atoms with Crippen molar-refractivity contribution in [3.8, 4) is 0 Å². The Hall–Kier alpha value is -2.41. The molecule has 29 heavy (non-hydrogen) atoms.